The van der Waals surface area contributed by atoms with Crippen molar-refractivity contribution in [2.24, 2.45) is 0 Å². The minimum atomic E-state index is -0.545. The van der Waals surface area contributed by atoms with Crippen molar-refractivity contribution in [2.45, 2.75) is 51.1 Å². The minimum Gasteiger partial charge on any atom is -0.378 e. The first-order valence-corrected chi connectivity index (χ1v) is 8.91. The molecule has 1 amide bonds. The number of amides is 1. The van der Waals surface area contributed by atoms with Gasteiger partial charge in [0, 0.05) is 25.2 Å². The summed E-state index contributed by atoms with van der Waals surface area (Å²) in [5.74, 6) is -0.0990. The third kappa shape index (κ3) is 3.77. The summed E-state index contributed by atoms with van der Waals surface area (Å²) in [5.41, 5.74) is 0.568. The number of rotatable bonds is 5. The van der Waals surface area contributed by atoms with Crippen molar-refractivity contribution in [1.29, 1.82) is 0 Å². The Kier molecular flexibility index (Phi) is 5.50. The highest BCUT2D eigenvalue weighted by Crippen LogP contribution is 2.19. The lowest BCUT2D eigenvalue weighted by atomic mass is 10.1. The molecule has 1 saturated heterocycles. The lowest BCUT2D eigenvalue weighted by Crippen LogP contribution is -2.42. The van der Waals surface area contributed by atoms with Crippen LogP contribution < -0.4 is 15.8 Å². The van der Waals surface area contributed by atoms with Gasteiger partial charge in [-0.15, -0.1) is 0 Å². The zero-order chi connectivity index (χ0) is 16.9. The number of ether oxygens (including phenoxy) is 1. The fraction of sp³-hybridized carbons (Fsp3) is 0.706. The van der Waals surface area contributed by atoms with Gasteiger partial charge in [-0.25, -0.2) is 4.68 Å². The van der Waals surface area contributed by atoms with Crippen LogP contribution in [0.3, 0.4) is 0 Å². The summed E-state index contributed by atoms with van der Waals surface area (Å²) in [6.45, 7) is 4.73. The Labute approximate surface area is 142 Å². The zero-order valence-corrected chi connectivity index (χ0v) is 14.2. The largest absolute Gasteiger partial charge is 0.378 e. The molecule has 2 fully saturated rings. The maximum absolute atomic E-state index is 12.5. The summed E-state index contributed by atoms with van der Waals surface area (Å²) in [6.07, 6.45) is 6.60. The molecule has 1 N–H and O–H groups in total. The van der Waals surface area contributed by atoms with Gasteiger partial charge in [0.25, 0.3) is 5.56 Å². The van der Waals surface area contributed by atoms with Gasteiger partial charge in [0.1, 0.15) is 6.04 Å². The summed E-state index contributed by atoms with van der Waals surface area (Å²) in [5, 5.41) is 7.35. The molecule has 132 valence electrons. The second-order valence-electron chi connectivity index (χ2n) is 6.51. The van der Waals surface area contributed by atoms with Crippen LogP contribution in [0.4, 0.5) is 5.69 Å². The molecule has 2 aliphatic rings. The van der Waals surface area contributed by atoms with E-state index in [0.717, 1.165) is 44.5 Å². The Morgan fingerprint density at radius 1 is 1.38 bits per heavy atom. The summed E-state index contributed by atoms with van der Waals surface area (Å²) < 4.78 is 6.64. The number of nitrogens with one attached hydrogen (secondary N) is 1. The fourth-order valence-corrected chi connectivity index (χ4v) is 3.47. The summed E-state index contributed by atoms with van der Waals surface area (Å²) in [6, 6.07) is 1.27. The van der Waals surface area contributed by atoms with Gasteiger partial charge in [0.15, 0.2) is 0 Å². The number of nitrogens with zero attached hydrogens (tertiary/aromatic N) is 3. The highest BCUT2D eigenvalue weighted by molar-refractivity contribution is 5.80. The Hall–Kier alpha value is -1.89. The summed E-state index contributed by atoms with van der Waals surface area (Å²) in [7, 11) is 0. The molecule has 24 heavy (non-hydrogen) atoms. The van der Waals surface area contributed by atoms with Gasteiger partial charge < -0.3 is 15.0 Å². The van der Waals surface area contributed by atoms with Crippen LogP contribution in [0.15, 0.2) is 17.1 Å². The Morgan fingerprint density at radius 3 is 2.71 bits per heavy atom. The number of carbonyl (C=O) groups excluding carboxylic acids is 1. The normalized spacial score (nSPS) is 20.1. The molecule has 0 unspecified atom stereocenters. The fourth-order valence-electron chi connectivity index (χ4n) is 3.47. The third-order valence-corrected chi connectivity index (χ3v) is 4.87. The summed E-state index contributed by atoms with van der Waals surface area (Å²) in [4.78, 5) is 27.1. The molecule has 0 radical (unpaired) electrons. The minimum absolute atomic E-state index is 0.0990. The highest BCUT2D eigenvalue weighted by Gasteiger charge is 2.25. The molecule has 0 aromatic carbocycles. The molecule has 0 bridgehead atoms. The number of anilines is 1. The van der Waals surface area contributed by atoms with Gasteiger partial charge in [0.05, 0.1) is 25.1 Å². The first-order chi connectivity index (χ1) is 11.7. The maximum atomic E-state index is 12.5. The van der Waals surface area contributed by atoms with E-state index in [-0.39, 0.29) is 17.5 Å². The van der Waals surface area contributed by atoms with Crippen LogP contribution in [0.25, 0.3) is 0 Å². The van der Waals surface area contributed by atoms with Crippen molar-refractivity contribution < 1.29 is 9.53 Å². The van der Waals surface area contributed by atoms with Gasteiger partial charge in [0.2, 0.25) is 5.91 Å². The Balaban J connectivity index is 1.73. The van der Waals surface area contributed by atoms with Crippen molar-refractivity contribution in [2.75, 3.05) is 31.2 Å². The molecular weight excluding hydrogens is 308 g/mol. The molecule has 7 heteroatoms. The van der Waals surface area contributed by atoms with E-state index in [9.17, 15) is 9.59 Å². The van der Waals surface area contributed by atoms with Crippen LogP contribution in [0.1, 0.15) is 45.1 Å². The average Bonchev–Trinajstić information content (AvgIpc) is 3.10. The van der Waals surface area contributed by atoms with E-state index in [0.29, 0.717) is 19.6 Å². The molecule has 1 saturated carbocycles. The van der Waals surface area contributed by atoms with E-state index in [1.54, 1.807) is 12.3 Å². The lowest BCUT2D eigenvalue weighted by Gasteiger charge is -2.28. The van der Waals surface area contributed by atoms with E-state index >= 15 is 0 Å². The standard InChI is InChI=1S/C17H26N4O3/c1-2-15(17(23)19-13-5-3-4-6-13)21-16(22)11-14(12-18-21)20-7-9-24-10-8-20/h11-13,15H,2-10H2,1H3,(H,19,23)/t15-/m0/s1. The molecule has 1 aliphatic heterocycles. The smallest absolute Gasteiger partial charge is 0.269 e. The zero-order valence-electron chi connectivity index (χ0n) is 14.2. The average molecular weight is 334 g/mol. The Bertz CT molecular complexity index is 619. The quantitative estimate of drug-likeness (QED) is 0.872. The Morgan fingerprint density at radius 2 is 2.08 bits per heavy atom. The van der Waals surface area contributed by atoms with Gasteiger partial charge in [-0.05, 0) is 19.3 Å². The number of morpholine rings is 1. The molecule has 1 aliphatic carbocycles. The second-order valence-corrected chi connectivity index (χ2v) is 6.51. The molecule has 3 rings (SSSR count). The van der Waals surface area contributed by atoms with Crippen molar-refractivity contribution in [1.82, 2.24) is 15.1 Å². The van der Waals surface area contributed by atoms with Crippen molar-refractivity contribution in [3.05, 3.63) is 22.6 Å². The molecule has 1 aromatic rings. The van der Waals surface area contributed by atoms with Crippen LogP contribution in [-0.4, -0.2) is 48.0 Å². The predicted octanol–water partition coefficient (Wildman–Crippen LogP) is 1.09. The second kappa shape index (κ2) is 7.79. The molecule has 0 spiro atoms. The number of aromatic nitrogens is 2. The molecule has 2 heterocycles. The third-order valence-electron chi connectivity index (χ3n) is 4.87. The predicted molar refractivity (Wildman–Crippen MR) is 91.3 cm³/mol. The van der Waals surface area contributed by atoms with Crippen LogP contribution in [-0.2, 0) is 9.53 Å². The number of hydrogen-bond donors (Lipinski definition) is 1. The van der Waals surface area contributed by atoms with E-state index < -0.39 is 6.04 Å². The van der Waals surface area contributed by atoms with Crippen molar-refractivity contribution in [3.8, 4) is 0 Å². The molecule has 7 nitrogen and oxygen atoms in total. The summed E-state index contributed by atoms with van der Waals surface area (Å²) >= 11 is 0. The first-order valence-electron chi connectivity index (χ1n) is 8.91. The van der Waals surface area contributed by atoms with Crippen molar-refractivity contribution >= 4 is 11.6 Å². The SMILES string of the molecule is CC[C@@H](C(=O)NC1CCCC1)n1ncc(N2CCOCC2)cc1=O. The first kappa shape index (κ1) is 17.0. The van der Waals surface area contributed by atoms with E-state index in [1.165, 1.54) is 4.68 Å². The van der Waals surface area contributed by atoms with E-state index in [1.807, 2.05) is 6.92 Å². The van der Waals surface area contributed by atoms with Crippen LogP contribution in [0, 0.1) is 0 Å². The van der Waals surface area contributed by atoms with Gasteiger partial charge >= 0.3 is 0 Å². The monoisotopic (exact) mass is 334 g/mol. The van der Waals surface area contributed by atoms with E-state index in [2.05, 4.69) is 15.3 Å². The van der Waals surface area contributed by atoms with Crippen LogP contribution in [0.2, 0.25) is 0 Å². The van der Waals surface area contributed by atoms with Gasteiger partial charge in [-0.1, -0.05) is 19.8 Å². The molecular formula is C17H26N4O3. The molecule has 1 aromatic heterocycles. The van der Waals surface area contributed by atoms with Crippen LogP contribution in [0.5, 0.6) is 0 Å². The topological polar surface area (TPSA) is 76.5 Å². The number of hydrogen-bond acceptors (Lipinski definition) is 5. The van der Waals surface area contributed by atoms with E-state index in [4.69, 9.17) is 4.74 Å². The maximum Gasteiger partial charge on any atom is 0.269 e. The van der Waals surface area contributed by atoms with Crippen molar-refractivity contribution in [3.63, 3.8) is 0 Å². The highest BCUT2D eigenvalue weighted by atomic mass is 16.5. The lowest BCUT2D eigenvalue weighted by molar-refractivity contribution is -0.125. The number of carbonyl (C=O) groups is 1. The van der Waals surface area contributed by atoms with Gasteiger partial charge in [-0.3, -0.25) is 9.59 Å². The molecule has 1 atom stereocenters. The van der Waals surface area contributed by atoms with Crippen LogP contribution >= 0.6 is 0 Å². The van der Waals surface area contributed by atoms with Gasteiger partial charge in [-0.2, -0.15) is 5.10 Å².